The van der Waals surface area contributed by atoms with Gasteiger partial charge in [-0.05, 0) is 266 Å². The van der Waals surface area contributed by atoms with Crippen LogP contribution in [0.5, 0.6) is 0 Å². The van der Waals surface area contributed by atoms with Gasteiger partial charge in [0.2, 0.25) is 0 Å². The Bertz CT molecular complexity index is 4400. The Balaban J connectivity index is 0.000000221. The number of hydrogen-bond acceptors (Lipinski definition) is 20. The minimum atomic E-state index is -1.39. The average molecular weight is 1830 g/mol. The quantitative estimate of drug-likeness (QED) is 0.0181. The van der Waals surface area contributed by atoms with Gasteiger partial charge in [-0.2, -0.15) is 0 Å². The summed E-state index contributed by atoms with van der Waals surface area (Å²) in [6.07, 6.45) is 0. The molecule has 14 nitrogen and oxygen atoms in total. The summed E-state index contributed by atoms with van der Waals surface area (Å²) in [5.74, 6) is 2.88. The van der Waals surface area contributed by atoms with Crippen LogP contribution >= 0.6 is 89.1 Å². The van der Waals surface area contributed by atoms with E-state index in [-0.39, 0.29) is 80.7 Å². The molecule has 0 aromatic heterocycles. The fourth-order valence-corrected chi connectivity index (χ4v) is 14.2. The van der Waals surface area contributed by atoms with E-state index in [1.165, 1.54) is 32.0 Å². The van der Waals surface area contributed by atoms with Crippen LogP contribution in [0.25, 0.3) is 0 Å². The van der Waals surface area contributed by atoms with Crippen LogP contribution in [0.15, 0.2) is 296 Å². The lowest BCUT2D eigenvalue weighted by Gasteiger charge is -2.32. The highest BCUT2D eigenvalue weighted by molar-refractivity contribution is 9.08. The van der Waals surface area contributed by atoms with Gasteiger partial charge in [-0.1, -0.05) is 217 Å². The number of hydrogen-bond donors (Lipinski definition) is 9. The smallest absolute Gasteiger partial charge is 0.423 e. The molecular formula is C95H125B6BrO14S6. The second-order valence-electron chi connectivity index (χ2n) is 34.6. The molecule has 10 aromatic carbocycles. The summed E-state index contributed by atoms with van der Waals surface area (Å²) in [5.41, 5.74) is 6.22. The summed E-state index contributed by atoms with van der Waals surface area (Å²) in [4.78, 5) is 6.34. The predicted molar refractivity (Wildman–Crippen MR) is 529 cm³/mol. The highest BCUT2D eigenvalue weighted by Crippen LogP contribution is 2.41. The van der Waals surface area contributed by atoms with Crippen LogP contribution in [-0.4, -0.2) is 129 Å². The fourth-order valence-electron chi connectivity index (χ4n) is 10.8. The molecule has 14 rings (SSSR count). The molecule has 4 saturated heterocycles. The molecule has 0 saturated carbocycles. The zero-order valence-corrected chi connectivity index (χ0v) is 80.3. The standard InChI is InChI=1S/2C19H23BO2S.C13H13BO2S.2C12H17BO2S.C7H7Br.C6H7BO2S.C6H14O2.CH4/c2*1-18(2)19(3,4)22-20(21-18)16-10-12-17(13-11-16)23-14-15-8-6-5-7-9-15;15-14(16)12-6-8-13(9-7-12)17-10-11-4-2-1-3-5-11;2*1-11(2)12(3,4)15-13(14-11)9-5-7-10(16)8-6-9;8-6-7-4-2-1-3-5-7;8-7(9)5-1-3-6(10)4-2-5;1-5(2,7)6(3,4)8;/h2*5-13H,14H2,1-4H3;1-9,15-16H,10H2;2*5-8,16H,1-4H3;1-5H,6H2;1-4,8-10H;7-8H,1-4H3;1H4. The molecule has 0 bridgehead atoms. The minimum absolute atomic E-state index is 0. The maximum atomic E-state index is 9.10. The third kappa shape index (κ3) is 32.7. The van der Waals surface area contributed by atoms with E-state index in [0.717, 1.165) is 64.0 Å². The van der Waals surface area contributed by atoms with Gasteiger partial charge in [-0.15, -0.1) is 73.2 Å². The molecule has 4 aliphatic heterocycles. The summed E-state index contributed by atoms with van der Waals surface area (Å²) in [7, 11) is -3.89. The van der Waals surface area contributed by atoms with Crippen molar-refractivity contribution in [2.24, 2.45) is 0 Å². The number of alkyl halides is 1. The van der Waals surface area contributed by atoms with E-state index >= 15 is 0 Å². The molecule has 122 heavy (non-hydrogen) atoms. The zero-order valence-electron chi connectivity index (χ0n) is 73.6. The van der Waals surface area contributed by atoms with E-state index in [1.807, 2.05) is 133 Å². The van der Waals surface area contributed by atoms with Crippen LogP contribution in [0, 0.1) is 0 Å². The molecular weight excluding hydrogens is 1700 g/mol. The van der Waals surface area contributed by atoms with Crippen molar-refractivity contribution in [2.75, 3.05) is 0 Å². The molecule has 6 N–H and O–H groups in total. The average Bonchev–Trinajstić information content (AvgIpc) is 1.65. The Hall–Kier alpha value is -5.39. The normalized spacial score (nSPS) is 16.8. The Morgan fingerprint density at radius 1 is 0.287 bits per heavy atom. The number of thioether (sulfide) groups is 3. The van der Waals surface area contributed by atoms with Crippen molar-refractivity contribution in [1.82, 2.24) is 0 Å². The molecule has 650 valence electrons. The third-order valence-electron chi connectivity index (χ3n) is 22.3. The monoisotopic (exact) mass is 1830 g/mol. The molecule has 0 atom stereocenters. The van der Waals surface area contributed by atoms with Crippen molar-refractivity contribution in [2.45, 2.75) is 254 Å². The summed E-state index contributed by atoms with van der Waals surface area (Å²) in [6, 6.07) is 88.3. The lowest BCUT2D eigenvalue weighted by Crippen LogP contribution is -2.44. The van der Waals surface area contributed by atoms with Gasteiger partial charge in [0.1, 0.15) is 0 Å². The topological polar surface area (TPSA) is 195 Å². The summed E-state index contributed by atoms with van der Waals surface area (Å²) < 4.78 is 48.1. The number of rotatable bonds is 17. The highest BCUT2D eigenvalue weighted by Gasteiger charge is 2.55. The minimum Gasteiger partial charge on any atom is -0.423 e. The van der Waals surface area contributed by atoms with Crippen LogP contribution in [0.3, 0.4) is 0 Å². The summed E-state index contributed by atoms with van der Waals surface area (Å²) >= 11 is 21.3. The third-order valence-corrected chi connectivity index (χ3v) is 27.0. The summed E-state index contributed by atoms with van der Waals surface area (Å²) in [5, 5.41) is 54.4. The first-order valence-corrected chi connectivity index (χ1v) is 45.8. The van der Waals surface area contributed by atoms with Crippen molar-refractivity contribution in [1.29, 1.82) is 0 Å². The van der Waals surface area contributed by atoms with E-state index in [9.17, 15) is 0 Å². The van der Waals surface area contributed by atoms with Gasteiger partial charge in [0.25, 0.3) is 0 Å². The Kier molecular flexibility index (Phi) is 40.7. The molecule has 4 aliphatic rings. The van der Waals surface area contributed by atoms with Gasteiger partial charge in [0.15, 0.2) is 0 Å². The van der Waals surface area contributed by atoms with Crippen LogP contribution in [0.4, 0.5) is 0 Å². The highest BCUT2D eigenvalue weighted by atomic mass is 79.9. The van der Waals surface area contributed by atoms with Crippen molar-refractivity contribution in [3.63, 3.8) is 0 Å². The van der Waals surface area contributed by atoms with Crippen LogP contribution in [-0.2, 0) is 59.8 Å². The molecule has 27 heteroatoms. The molecule has 0 aliphatic carbocycles. The predicted octanol–water partition coefficient (Wildman–Crippen LogP) is 18.2. The number of thiol groups is 3. The van der Waals surface area contributed by atoms with E-state index in [0.29, 0.717) is 10.9 Å². The zero-order chi connectivity index (χ0) is 89.4. The first-order chi connectivity index (χ1) is 56.5. The second-order valence-corrected chi connectivity index (χ2v) is 39.9. The van der Waals surface area contributed by atoms with Gasteiger partial charge in [0.05, 0.1) is 56.0 Å². The molecule has 0 unspecified atom stereocenters. The lowest BCUT2D eigenvalue weighted by atomic mass is 9.79. The van der Waals surface area contributed by atoms with Gasteiger partial charge < -0.3 is 67.5 Å². The van der Waals surface area contributed by atoms with Crippen LogP contribution in [0.2, 0.25) is 0 Å². The van der Waals surface area contributed by atoms with Crippen molar-refractivity contribution in [3.05, 3.63) is 289 Å². The SMILES string of the molecule is BrCc1ccccc1.C.CC(C)(O)C(C)(C)O.CC1(C)OB(c2ccc(S)cc2)OC1(C)C.CC1(C)OB(c2ccc(S)cc2)OC1(C)C.CC1(C)OB(c2ccc(SCc3ccccc3)cc2)OC1(C)C.CC1(C)OB(c2ccc(SCc3ccccc3)cc2)OC1(C)C.OB(O)c1ccc(S)cc1.OB(O)c1ccc(SCc2ccccc2)cc1. The maximum Gasteiger partial charge on any atom is 0.494 e. The van der Waals surface area contributed by atoms with Gasteiger partial charge >= 0.3 is 42.7 Å². The number of benzene rings is 10. The molecule has 0 amide bonds. The van der Waals surface area contributed by atoms with Crippen molar-refractivity contribution < 1.29 is 67.5 Å². The molecule has 0 spiro atoms. The first-order valence-electron chi connectivity index (χ1n) is 40.4. The Morgan fingerprint density at radius 2 is 0.459 bits per heavy atom. The lowest BCUT2D eigenvalue weighted by molar-refractivity contribution is -0.107. The molecule has 4 heterocycles. The van der Waals surface area contributed by atoms with E-state index in [1.54, 1.807) is 75.9 Å². The Labute approximate surface area is 768 Å². The number of halogens is 1. The number of aliphatic hydroxyl groups is 2. The van der Waals surface area contributed by atoms with Gasteiger partial charge in [-0.3, -0.25) is 0 Å². The van der Waals surface area contributed by atoms with Gasteiger partial charge in [0, 0.05) is 52.0 Å². The van der Waals surface area contributed by atoms with Crippen LogP contribution < -0.4 is 32.8 Å². The van der Waals surface area contributed by atoms with E-state index in [2.05, 4.69) is 286 Å². The largest absolute Gasteiger partial charge is 0.494 e. The summed E-state index contributed by atoms with van der Waals surface area (Å²) in [6.45, 7) is 39.4. The Morgan fingerprint density at radius 3 is 0.639 bits per heavy atom. The molecule has 0 radical (unpaired) electrons. The van der Waals surface area contributed by atoms with Crippen molar-refractivity contribution in [3.8, 4) is 0 Å². The van der Waals surface area contributed by atoms with Crippen molar-refractivity contribution >= 4 is 165 Å². The maximum absolute atomic E-state index is 9.10. The molecule has 4 fully saturated rings. The first kappa shape index (κ1) is 105. The molecule has 10 aromatic rings. The second kappa shape index (κ2) is 47.1. The van der Waals surface area contributed by atoms with E-state index < -0.39 is 25.4 Å². The fraction of sp³-hybridized carbons (Fsp3) is 0.368. The van der Waals surface area contributed by atoms with E-state index in [4.69, 9.17) is 67.5 Å². The van der Waals surface area contributed by atoms with Crippen LogP contribution in [0.1, 0.15) is 168 Å². The van der Waals surface area contributed by atoms with Gasteiger partial charge in [-0.25, -0.2) is 0 Å².